The number of carbonyl (C=O) groups is 2. The quantitative estimate of drug-likeness (QED) is 0.785. The predicted octanol–water partition coefficient (Wildman–Crippen LogP) is 1.74. The molecule has 1 fully saturated rings. The van der Waals surface area contributed by atoms with E-state index in [0.29, 0.717) is 25.1 Å². The molecule has 1 aromatic rings. The van der Waals surface area contributed by atoms with Crippen molar-refractivity contribution in [1.29, 1.82) is 0 Å². The Hall–Kier alpha value is -1.50. The topological polar surface area (TPSA) is 64.7 Å². The highest BCUT2D eigenvalue weighted by atomic mass is 35.5. The van der Waals surface area contributed by atoms with Crippen LogP contribution in [0, 0.1) is 0 Å². The van der Waals surface area contributed by atoms with Gasteiger partial charge in [-0.1, -0.05) is 0 Å². The van der Waals surface area contributed by atoms with Gasteiger partial charge in [-0.05, 0) is 25.1 Å². The Bertz CT molecular complexity index is 612. The summed E-state index contributed by atoms with van der Waals surface area (Å²) in [6, 6.07) is 5.74. The minimum absolute atomic E-state index is 0. The number of fused-ring (bicyclic) bond motifs is 1. The first-order valence-electron chi connectivity index (χ1n) is 7.73. The SMILES string of the molecule is CC1CNCCN1C(=O)c1ccc2c(c1)NC(=O)CCN2C.Cl.Cl. The average molecular weight is 375 g/mol. The summed E-state index contributed by atoms with van der Waals surface area (Å²) in [5, 5.41) is 6.18. The van der Waals surface area contributed by atoms with Gasteiger partial charge in [0.25, 0.3) is 5.91 Å². The fraction of sp³-hybridized carbons (Fsp3) is 0.500. The van der Waals surface area contributed by atoms with E-state index in [2.05, 4.69) is 10.6 Å². The van der Waals surface area contributed by atoms with Crippen LogP contribution in [-0.2, 0) is 4.79 Å². The Balaban J connectivity index is 0.00000144. The number of rotatable bonds is 1. The average Bonchev–Trinajstić information content (AvgIpc) is 2.65. The van der Waals surface area contributed by atoms with Crippen LogP contribution in [0.3, 0.4) is 0 Å². The van der Waals surface area contributed by atoms with Gasteiger partial charge in [0.1, 0.15) is 0 Å². The van der Waals surface area contributed by atoms with Crippen LogP contribution in [0.4, 0.5) is 11.4 Å². The number of amides is 2. The lowest BCUT2D eigenvalue weighted by molar-refractivity contribution is -0.115. The molecule has 3 rings (SSSR count). The number of hydrogen-bond donors (Lipinski definition) is 2. The van der Waals surface area contributed by atoms with Crippen LogP contribution in [0.1, 0.15) is 23.7 Å². The van der Waals surface area contributed by atoms with Crippen LogP contribution in [0.5, 0.6) is 0 Å². The molecule has 24 heavy (non-hydrogen) atoms. The molecule has 0 saturated carbocycles. The number of piperazine rings is 1. The van der Waals surface area contributed by atoms with Gasteiger partial charge < -0.3 is 20.4 Å². The highest BCUT2D eigenvalue weighted by molar-refractivity contribution is 6.01. The standard InChI is InChI=1S/C16H22N4O2.2ClH/c1-11-10-17-6-8-20(11)16(22)12-3-4-14-13(9-12)18-15(21)5-7-19(14)2;;/h3-4,9,11,17H,5-8,10H2,1-2H3,(H,18,21);2*1H. The first-order valence-corrected chi connectivity index (χ1v) is 7.73. The molecular formula is C16H24Cl2N4O2. The van der Waals surface area contributed by atoms with Gasteiger partial charge in [-0.15, -0.1) is 24.8 Å². The van der Waals surface area contributed by atoms with Gasteiger partial charge >= 0.3 is 0 Å². The van der Waals surface area contributed by atoms with Crippen molar-refractivity contribution < 1.29 is 9.59 Å². The van der Waals surface area contributed by atoms with Gasteiger partial charge in [-0.2, -0.15) is 0 Å². The molecule has 2 aliphatic heterocycles. The van der Waals surface area contributed by atoms with Crippen molar-refractivity contribution >= 4 is 48.0 Å². The minimum atomic E-state index is -0.00857. The van der Waals surface area contributed by atoms with Crippen molar-refractivity contribution in [3.8, 4) is 0 Å². The molecule has 2 aliphatic rings. The summed E-state index contributed by atoms with van der Waals surface area (Å²) in [6.45, 7) is 5.07. The number of nitrogens with one attached hydrogen (secondary N) is 2. The Labute approximate surface area is 154 Å². The van der Waals surface area contributed by atoms with Crippen molar-refractivity contribution in [3.05, 3.63) is 23.8 Å². The van der Waals surface area contributed by atoms with Crippen LogP contribution in [0.15, 0.2) is 18.2 Å². The number of carbonyl (C=O) groups excluding carboxylic acids is 2. The van der Waals surface area contributed by atoms with Crippen LogP contribution in [0.2, 0.25) is 0 Å². The lowest BCUT2D eigenvalue weighted by Crippen LogP contribution is -2.52. The monoisotopic (exact) mass is 374 g/mol. The van der Waals surface area contributed by atoms with Crippen molar-refractivity contribution in [2.24, 2.45) is 0 Å². The first-order chi connectivity index (χ1) is 10.6. The third-order valence-corrected chi connectivity index (χ3v) is 4.37. The maximum absolute atomic E-state index is 12.7. The lowest BCUT2D eigenvalue weighted by atomic mass is 10.1. The third-order valence-electron chi connectivity index (χ3n) is 4.37. The van der Waals surface area contributed by atoms with E-state index in [1.54, 1.807) is 6.07 Å². The van der Waals surface area contributed by atoms with Gasteiger partial charge in [0.05, 0.1) is 11.4 Å². The first kappa shape index (κ1) is 20.5. The molecule has 1 atom stereocenters. The second-order valence-corrected chi connectivity index (χ2v) is 6.00. The van der Waals surface area contributed by atoms with Crippen molar-refractivity contribution in [2.45, 2.75) is 19.4 Å². The second-order valence-electron chi connectivity index (χ2n) is 6.00. The molecule has 0 aliphatic carbocycles. The van der Waals surface area contributed by atoms with E-state index in [1.165, 1.54) is 0 Å². The molecule has 8 heteroatoms. The highest BCUT2D eigenvalue weighted by Crippen LogP contribution is 2.29. The number of hydrogen-bond acceptors (Lipinski definition) is 4. The maximum atomic E-state index is 12.7. The molecule has 2 amide bonds. The summed E-state index contributed by atoms with van der Waals surface area (Å²) in [7, 11) is 1.96. The Morgan fingerprint density at radius 1 is 1.25 bits per heavy atom. The van der Waals surface area contributed by atoms with E-state index in [-0.39, 0.29) is 42.7 Å². The molecule has 0 radical (unpaired) electrons. The van der Waals surface area contributed by atoms with E-state index in [0.717, 1.165) is 24.5 Å². The summed E-state index contributed by atoms with van der Waals surface area (Å²) >= 11 is 0. The smallest absolute Gasteiger partial charge is 0.254 e. The highest BCUT2D eigenvalue weighted by Gasteiger charge is 2.25. The molecule has 2 N–H and O–H groups in total. The summed E-state index contributed by atoms with van der Waals surface area (Å²) in [4.78, 5) is 28.4. The lowest BCUT2D eigenvalue weighted by Gasteiger charge is -2.34. The van der Waals surface area contributed by atoms with E-state index in [9.17, 15) is 9.59 Å². The zero-order valence-electron chi connectivity index (χ0n) is 13.9. The van der Waals surface area contributed by atoms with E-state index < -0.39 is 0 Å². The number of halogens is 2. The Morgan fingerprint density at radius 3 is 2.71 bits per heavy atom. The van der Waals surface area contributed by atoms with Crippen molar-refractivity contribution in [1.82, 2.24) is 10.2 Å². The van der Waals surface area contributed by atoms with Crippen molar-refractivity contribution in [3.63, 3.8) is 0 Å². The van der Waals surface area contributed by atoms with Gasteiger partial charge in [0, 0.05) is 51.3 Å². The van der Waals surface area contributed by atoms with Crippen LogP contribution < -0.4 is 15.5 Å². The second kappa shape index (κ2) is 8.55. The normalized spacial score (nSPS) is 20.1. The van der Waals surface area contributed by atoms with Crippen molar-refractivity contribution in [2.75, 3.05) is 43.4 Å². The zero-order chi connectivity index (χ0) is 15.7. The minimum Gasteiger partial charge on any atom is -0.372 e. The van der Waals surface area contributed by atoms with Gasteiger partial charge in [0.15, 0.2) is 0 Å². The van der Waals surface area contributed by atoms with Crippen LogP contribution >= 0.6 is 24.8 Å². The Kier molecular flexibility index (Phi) is 7.32. The largest absolute Gasteiger partial charge is 0.372 e. The van der Waals surface area contributed by atoms with Gasteiger partial charge in [-0.3, -0.25) is 9.59 Å². The fourth-order valence-electron chi connectivity index (χ4n) is 3.01. The fourth-order valence-corrected chi connectivity index (χ4v) is 3.01. The van der Waals surface area contributed by atoms with E-state index in [1.807, 2.05) is 35.9 Å². The molecule has 1 unspecified atom stereocenters. The van der Waals surface area contributed by atoms with Crippen LogP contribution in [0.25, 0.3) is 0 Å². The third kappa shape index (κ3) is 4.12. The van der Waals surface area contributed by atoms with Gasteiger partial charge in [0.2, 0.25) is 5.91 Å². The molecule has 1 saturated heterocycles. The van der Waals surface area contributed by atoms with E-state index >= 15 is 0 Å². The number of benzene rings is 1. The predicted molar refractivity (Wildman–Crippen MR) is 101 cm³/mol. The molecule has 0 spiro atoms. The molecule has 0 bridgehead atoms. The maximum Gasteiger partial charge on any atom is 0.254 e. The summed E-state index contributed by atoms with van der Waals surface area (Å²) in [5.74, 6) is 0.0173. The summed E-state index contributed by atoms with van der Waals surface area (Å²) in [5.41, 5.74) is 2.30. The molecule has 6 nitrogen and oxygen atoms in total. The molecule has 0 aromatic heterocycles. The van der Waals surface area contributed by atoms with Gasteiger partial charge in [-0.25, -0.2) is 0 Å². The van der Waals surface area contributed by atoms with E-state index in [4.69, 9.17) is 0 Å². The molecule has 1 aromatic carbocycles. The molecule has 2 heterocycles. The zero-order valence-corrected chi connectivity index (χ0v) is 15.5. The number of anilines is 2. The molecular weight excluding hydrogens is 351 g/mol. The number of nitrogens with zero attached hydrogens (tertiary/aromatic N) is 2. The molecule has 134 valence electrons. The Morgan fingerprint density at radius 2 is 2.00 bits per heavy atom. The van der Waals surface area contributed by atoms with Crippen LogP contribution in [-0.4, -0.2) is 56.0 Å². The summed E-state index contributed by atoms with van der Waals surface area (Å²) in [6.07, 6.45) is 0.462. The summed E-state index contributed by atoms with van der Waals surface area (Å²) < 4.78 is 0.